The maximum atomic E-state index is 13.0. The minimum atomic E-state index is -1.15. The molecule has 0 unspecified atom stereocenters. The number of nitrogens with two attached hydrogens (primary N) is 1. The van der Waals surface area contributed by atoms with Crippen molar-refractivity contribution in [3.05, 3.63) is 48.2 Å². The molecule has 10 nitrogen and oxygen atoms in total. The van der Waals surface area contributed by atoms with E-state index in [0.717, 1.165) is 4.90 Å². The molecule has 33 heavy (non-hydrogen) atoms. The molecule has 2 amide bonds. The third-order valence-corrected chi connectivity index (χ3v) is 3.82. The van der Waals surface area contributed by atoms with Gasteiger partial charge in [0.25, 0.3) is 0 Å². The van der Waals surface area contributed by atoms with Crippen molar-refractivity contribution in [1.29, 1.82) is 0 Å². The van der Waals surface area contributed by atoms with Crippen LogP contribution in [0, 0.1) is 0 Å². The number of carboxylic acid groups (broad SMARTS) is 1. The first-order valence-corrected chi connectivity index (χ1v) is 10.1. The Hall–Kier alpha value is -3.95. The number of benzene rings is 1. The Kier molecular flexibility index (Phi) is 7.42. The number of carbonyl (C=O) groups excluding carboxylic acids is 2. The molecule has 0 aliphatic carbocycles. The van der Waals surface area contributed by atoms with Gasteiger partial charge in [0.2, 0.25) is 5.96 Å². The van der Waals surface area contributed by atoms with Gasteiger partial charge in [-0.15, -0.1) is 4.99 Å². The van der Waals surface area contributed by atoms with Crippen molar-refractivity contribution in [1.82, 2.24) is 4.98 Å². The van der Waals surface area contributed by atoms with Gasteiger partial charge in [0.15, 0.2) is 0 Å². The van der Waals surface area contributed by atoms with Crippen LogP contribution in [0.1, 0.15) is 51.9 Å². The Bertz CT molecular complexity index is 1080. The predicted molar refractivity (Wildman–Crippen MR) is 123 cm³/mol. The van der Waals surface area contributed by atoms with Crippen molar-refractivity contribution in [2.45, 2.75) is 52.7 Å². The topological polar surface area (TPSA) is 144 Å². The highest BCUT2D eigenvalue weighted by molar-refractivity contribution is 6.15. The first kappa shape index (κ1) is 25.3. The molecule has 0 aliphatic rings. The summed E-state index contributed by atoms with van der Waals surface area (Å²) in [5.74, 6) is -1.63. The molecule has 176 valence electrons. The lowest BCUT2D eigenvalue weighted by Gasteiger charge is -2.27. The fraction of sp³-hybridized carbons (Fsp3) is 0.348. The Labute approximate surface area is 192 Å². The van der Waals surface area contributed by atoms with Crippen LogP contribution >= 0.6 is 0 Å². The Morgan fingerprint density at radius 2 is 1.64 bits per heavy atom. The quantitative estimate of drug-likeness (QED) is 0.509. The first-order chi connectivity index (χ1) is 15.2. The Balaban J connectivity index is 2.57. The zero-order chi connectivity index (χ0) is 25.0. The van der Waals surface area contributed by atoms with Crippen molar-refractivity contribution < 1.29 is 29.0 Å². The standard InChI is InChI=1S/C23H28N4O6/c1-22(2,3)32-20(30)26-19(24)27(21(31)33-23(4,5)6)15-10-7-9-14(13-15)17-16(18(28)29)11-8-12-25-17/h7-13H,1-6H3,(H,28,29)(H2,24,26,30). The average Bonchev–Trinajstić information content (AvgIpc) is 2.65. The second-order valence-corrected chi connectivity index (χ2v) is 9.02. The number of carbonyl (C=O) groups is 3. The van der Waals surface area contributed by atoms with Crippen LogP contribution in [0.3, 0.4) is 0 Å². The van der Waals surface area contributed by atoms with Gasteiger partial charge in [0.1, 0.15) is 11.2 Å². The summed E-state index contributed by atoms with van der Waals surface area (Å²) in [6, 6.07) is 9.18. The molecule has 3 N–H and O–H groups in total. The predicted octanol–water partition coefficient (Wildman–Crippen LogP) is 4.44. The van der Waals surface area contributed by atoms with Gasteiger partial charge in [-0.25, -0.2) is 19.3 Å². The van der Waals surface area contributed by atoms with Crippen LogP contribution in [0.2, 0.25) is 0 Å². The number of anilines is 1. The zero-order valence-electron chi connectivity index (χ0n) is 19.4. The number of aromatic carboxylic acids is 1. The number of aromatic nitrogens is 1. The largest absolute Gasteiger partial charge is 0.478 e. The monoisotopic (exact) mass is 456 g/mol. The molecule has 0 spiro atoms. The van der Waals surface area contributed by atoms with Crippen LogP contribution in [0.4, 0.5) is 15.3 Å². The molecule has 0 atom stereocenters. The molecule has 2 rings (SSSR count). The molecular weight excluding hydrogens is 428 g/mol. The van der Waals surface area contributed by atoms with E-state index in [9.17, 15) is 19.5 Å². The molecule has 10 heteroatoms. The number of nitrogens with zero attached hydrogens (tertiary/aromatic N) is 3. The van der Waals surface area contributed by atoms with Gasteiger partial charge < -0.3 is 20.3 Å². The third-order valence-electron chi connectivity index (χ3n) is 3.82. The fourth-order valence-electron chi connectivity index (χ4n) is 2.67. The molecule has 0 aliphatic heterocycles. The van der Waals surface area contributed by atoms with Crippen molar-refractivity contribution >= 4 is 29.8 Å². The van der Waals surface area contributed by atoms with Gasteiger partial charge in [0, 0.05) is 11.8 Å². The van der Waals surface area contributed by atoms with Gasteiger partial charge in [-0.2, -0.15) is 0 Å². The summed E-state index contributed by atoms with van der Waals surface area (Å²) >= 11 is 0. The van der Waals surface area contributed by atoms with E-state index in [1.165, 1.54) is 30.5 Å². The highest BCUT2D eigenvalue weighted by Gasteiger charge is 2.28. The van der Waals surface area contributed by atoms with Crippen LogP contribution in [-0.2, 0) is 9.47 Å². The molecule has 1 aromatic carbocycles. The molecule has 0 fully saturated rings. The van der Waals surface area contributed by atoms with Crippen molar-refractivity contribution in [3.8, 4) is 11.3 Å². The molecule has 1 aromatic heterocycles. The lowest BCUT2D eigenvalue weighted by atomic mass is 10.0. The molecule has 1 heterocycles. The SMILES string of the molecule is CC(C)(C)OC(=O)N=C(N)N(C(=O)OC(C)(C)C)c1cccc(-c2ncccc2C(=O)O)c1. The van der Waals surface area contributed by atoms with Crippen LogP contribution in [-0.4, -0.2) is 45.4 Å². The minimum Gasteiger partial charge on any atom is -0.478 e. The average molecular weight is 456 g/mol. The lowest BCUT2D eigenvalue weighted by Crippen LogP contribution is -2.45. The molecule has 0 bridgehead atoms. The lowest BCUT2D eigenvalue weighted by molar-refractivity contribution is 0.0598. The van der Waals surface area contributed by atoms with E-state index in [4.69, 9.17) is 15.2 Å². The number of ether oxygens (including phenoxy) is 2. The van der Waals surface area contributed by atoms with E-state index < -0.39 is 35.3 Å². The number of carboxylic acids is 1. The first-order valence-electron chi connectivity index (χ1n) is 10.1. The van der Waals surface area contributed by atoms with Gasteiger partial charge in [-0.05, 0) is 65.8 Å². The van der Waals surface area contributed by atoms with E-state index in [1.807, 2.05) is 0 Å². The summed E-state index contributed by atoms with van der Waals surface area (Å²) in [6.07, 6.45) is -0.412. The van der Waals surface area contributed by atoms with E-state index in [0.29, 0.717) is 5.56 Å². The van der Waals surface area contributed by atoms with Crippen LogP contribution in [0.5, 0.6) is 0 Å². The van der Waals surface area contributed by atoms with Gasteiger partial charge in [-0.1, -0.05) is 12.1 Å². The number of aliphatic imine (C=N–C) groups is 1. The number of guanidine groups is 1. The molecule has 2 aromatic rings. The van der Waals surface area contributed by atoms with E-state index in [-0.39, 0.29) is 16.9 Å². The molecule has 0 saturated heterocycles. The summed E-state index contributed by atoms with van der Waals surface area (Å²) in [4.78, 5) is 45.5. The maximum absolute atomic E-state index is 13.0. The highest BCUT2D eigenvalue weighted by atomic mass is 16.6. The number of amides is 2. The Morgan fingerprint density at radius 3 is 2.21 bits per heavy atom. The van der Waals surface area contributed by atoms with Gasteiger partial charge in [-0.3, -0.25) is 4.98 Å². The molecule has 0 radical (unpaired) electrons. The number of hydrogen-bond donors (Lipinski definition) is 2. The van der Waals surface area contributed by atoms with E-state index in [2.05, 4.69) is 9.98 Å². The van der Waals surface area contributed by atoms with Crippen molar-refractivity contribution in [3.63, 3.8) is 0 Å². The zero-order valence-corrected chi connectivity index (χ0v) is 19.4. The minimum absolute atomic E-state index is 0.0196. The third kappa shape index (κ3) is 7.30. The summed E-state index contributed by atoms with van der Waals surface area (Å²) in [7, 11) is 0. The fourth-order valence-corrected chi connectivity index (χ4v) is 2.67. The smallest absolute Gasteiger partial charge is 0.437 e. The van der Waals surface area contributed by atoms with Crippen LogP contribution < -0.4 is 10.6 Å². The van der Waals surface area contributed by atoms with E-state index in [1.54, 1.807) is 53.7 Å². The maximum Gasteiger partial charge on any atom is 0.437 e. The summed E-state index contributed by atoms with van der Waals surface area (Å²) in [5, 5.41) is 9.49. The summed E-state index contributed by atoms with van der Waals surface area (Å²) in [5.41, 5.74) is 5.11. The van der Waals surface area contributed by atoms with Gasteiger partial charge in [0.05, 0.1) is 16.9 Å². The second kappa shape index (κ2) is 9.68. The van der Waals surface area contributed by atoms with Crippen LogP contribution in [0.15, 0.2) is 47.6 Å². The normalized spacial score (nSPS) is 12.1. The van der Waals surface area contributed by atoms with Gasteiger partial charge >= 0.3 is 18.2 Å². The summed E-state index contributed by atoms with van der Waals surface area (Å²) in [6.45, 7) is 10.0. The summed E-state index contributed by atoms with van der Waals surface area (Å²) < 4.78 is 10.6. The second-order valence-electron chi connectivity index (χ2n) is 9.02. The highest BCUT2D eigenvalue weighted by Crippen LogP contribution is 2.27. The van der Waals surface area contributed by atoms with Crippen molar-refractivity contribution in [2.75, 3.05) is 4.90 Å². The molecule has 0 saturated carbocycles. The van der Waals surface area contributed by atoms with E-state index >= 15 is 0 Å². The number of pyridine rings is 1. The van der Waals surface area contributed by atoms with Crippen molar-refractivity contribution in [2.24, 2.45) is 10.7 Å². The number of hydrogen-bond acceptors (Lipinski definition) is 6. The van der Waals surface area contributed by atoms with Crippen LogP contribution in [0.25, 0.3) is 11.3 Å². The molecular formula is C23H28N4O6. The Morgan fingerprint density at radius 1 is 1.00 bits per heavy atom. The number of rotatable bonds is 3.